The summed E-state index contributed by atoms with van der Waals surface area (Å²) in [7, 11) is 0. The molecule has 1 atom stereocenters. The van der Waals surface area contributed by atoms with Crippen LogP contribution in [0.25, 0.3) is 0 Å². The van der Waals surface area contributed by atoms with Crippen molar-refractivity contribution in [2.75, 3.05) is 13.2 Å². The van der Waals surface area contributed by atoms with Gasteiger partial charge in [0, 0.05) is 11.4 Å². The van der Waals surface area contributed by atoms with Crippen LogP contribution in [0.1, 0.15) is 54.2 Å². The molecule has 1 amide bonds. The molecule has 0 bridgehead atoms. The van der Waals surface area contributed by atoms with Crippen molar-refractivity contribution in [1.82, 2.24) is 5.32 Å². The maximum Gasteiger partial charge on any atom is 0.407 e. The molecule has 0 aliphatic carbocycles. The number of aliphatic hydroxyl groups is 1. The van der Waals surface area contributed by atoms with E-state index in [1.165, 1.54) is 11.3 Å². The molecule has 0 aliphatic heterocycles. The minimum Gasteiger partial charge on any atom is -0.462 e. The molecule has 0 radical (unpaired) electrons. The van der Waals surface area contributed by atoms with Crippen LogP contribution in [0.4, 0.5) is 4.79 Å². The standard InChI is InChI=1S/C17H27NO5S/c1-6-22-15(20)14-9-11(2)13(24-14)8-7-12(19)10-18-16(21)23-17(3,4)5/h9,12,19H,6-8,10H2,1-5H3,(H,18,21)/t12-/m0/s1. The van der Waals surface area contributed by atoms with E-state index in [1.54, 1.807) is 27.7 Å². The van der Waals surface area contributed by atoms with Crippen molar-refractivity contribution in [3.63, 3.8) is 0 Å². The van der Waals surface area contributed by atoms with Crippen LogP contribution < -0.4 is 5.32 Å². The molecule has 136 valence electrons. The van der Waals surface area contributed by atoms with E-state index in [-0.39, 0.29) is 12.5 Å². The number of carbonyl (C=O) groups is 2. The van der Waals surface area contributed by atoms with Gasteiger partial charge in [0.05, 0.1) is 12.7 Å². The molecule has 0 saturated heterocycles. The second kappa shape index (κ2) is 9.03. The zero-order valence-corrected chi connectivity index (χ0v) is 15.8. The van der Waals surface area contributed by atoms with Crippen LogP contribution in [-0.4, -0.2) is 42.0 Å². The smallest absolute Gasteiger partial charge is 0.407 e. The molecular formula is C17H27NO5S. The second-order valence-corrected chi connectivity index (χ2v) is 7.65. The van der Waals surface area contributed by atoms with Gasteiger partial charge in [0.2, 0.25) is 0 Å². The summed E-state index contributed by atoms with van der Waals surface area (Å²) >= 11 is 1.38. The molecule has 0 fully saturated rings. The minimum atomic E-state index is -0.676. The largest absolute Gasteiger partial charge is 0.462 e. The fourth-order valence-corrected chi connectivity index (χ4v) is 3.07. The normalized spacial score (nSPS) is 12.6. The summed E-state index contributed by atoms with van der Waals surface area (Å²) in [6, 6.07) is 1.81. The van der Waals surface area contributed by atoms with Crippen molar-refractivity contribution in [3.05, 3.63) is 21.4 Å². The number of hydrogen-bond donors (Lipinski definition) is 2. The molecule has 0 saturated carbocycles. The van der Waals surface area contributed by atoms with Crippen LogP contribution in [0.5, 0.6) is 0 Å². The van der Waals surface area contributed by atoms with E-state index in [2.05, 4.69) is 5.32 Å². The number of aliphatic hydroxyl groups excluding tert-OH is 1. The van der Waals surface area contributed by atoms with Crippen LogP contribution in [0, 0.1) is 6.92 Å². The molecule has 0 unspecified atom stereocenters. The van der Waals surface area contributed by atoms with Gasteiger partial charge in [-0.3, -0.25) is 0 Å². The van der Waals surface area contributed by atoms with Crippen molar-refractivity contribution in [2.24, 2.45) is 0 Å². The summed E-state index contributed by atoms with van der Waals surface area (Å²) in [4.78, 5) is 24.9. The highest BCUT2D eigenvalue weighted by molar-refractivity contribution is 7.14. The van der Waals surface area contributed by atoms with E-state index in [1.807, 2.05) is 13.0 Å². The van der Waals surface area contributed by atoms with Gasteiger partial charge in [-0.1, -0.05) is 0 Å². The molecule has 1 heterocycles. The molecule has 0 aromatic carbocycles. The number of carbonyl (C=O) groups excluding carboxylic acids is 2. The lowest BCUT2D eigenvalue weighted by Crippen LogP contribution is -2.37. The highest BCUT2D eigenvalue weighted by Gasteiger charge is 2.18. The van der Waals surface area contributed by atoms with Crippen LogP contribution in [-0.2, 0) is 15.9 Å². The van der Waals surface area contributed by atoms with Crippen molar-refractivity contribution in [1.29, 1.82) is 0 Å². The first-order chi connectivity index (χ1) is 11.1. The highest BCUT2D eigenvalue weighted by atomic mass is 32.1. The molecule has 1 rings (SSSR count). The Balaban J connectivity index is 2.43. The van der Waals surface area contributed by atoms with E-state index in [9.17, 15) is 14.7 Å². The molecule has 6 nitrogen and oxygen atoms in total. The van der Waals surface area contributed by atoms with Crippen molar-refractivity contribution in [3.8, 4) is 0 Å². The van der Waals surface area contributed by atoms with E-state index < -0.39 is 17.8 Å². The number of thiophene rings is 1. The van der Waals surface area contributed by atoms with Gasteiger partial charge < -0.3 is 19.9 Å². The van der Waals surface area contributed by atoms with E-state index >= 15 is 0 Å². The summed E-state index contributed by atoms with van der Waals surface area (Å²) in [5.74, 6) is -0.316. The molecule has 2 N–H and O–H groups in total. The average Bonchev–Trinajstić information content (AvgIpc) is 2.83. The number of nitrogens with one attached hydrogen (secondary N) is 1. The Morgan fingerprint density at radius 3 is 2.62 bits per heavy atom. The monoisotopic (exact) mass is 357 g/mol. The second-order valence-electron chi connectivity index (χ2n) is 6.51. The number of esters is 1. The lowest BCUT2D eigenvalue weighted by molar-refractivity contribution is 0.0487. The zero-order chi connectivity index (χ0) is 18.3. The van der Waals surface area contributed by atoms with Crippen LogP contribution in [0.15, 0.2) is 6.07 Å². The first-order valence-corrected chi connectivity index (χ1v) is 8.85. The molecular weight excluding hydrogens is 330 g/mol. The number of amides is 1. The number of ether oxygens (including phenoxy) is 2. The van der Waals surface area contributed by atoms with Crippen molar-refractivity contribution in [2.45, 2.75) is 59.2 Å². The van der Waals surface area contributed by atoms with E-state index in [4.69, 9.17) is 9.47 Å². The summed E-state index contributed by atoms with van der Waals surface area (Å²) in [6.45, 7) is 9.52. The maximum absolute atomic E-state index is 11.7. The number of hydrogen-bond acceptors (Lipinski definition) is 6. The molecule has 1 aromatic heterocycles. The third kappa shape index (κ3) is 7.31. The predicted octanol–water partition coefficient (Wildman–Crippen LogP) is 3.05. The Morgan fingerprint density at radius 1 is 1.38 bits per heavy atom. The topological polar surface area (TPSA) is 84.9 Å². The van der Waals surface area contributed by atoms with Gasteiger partial charge in [0.25, 0.3) is 0 Å². The van der Waals surface area contributed by atoms with Gasteiger partial charge in [-0.25, -0.2) is 9.59 Å². The van der Waals surface area contributed by atoms with Crippen LogP contribution in [0.2, 0.25) is 0 Å². The zero-order valence-electron chi connectivity index (χ0n) is 15.0. The average molecular weight is 357 g/mol. The quantitative estimate of drug-likeness (QED) is 0.733. The molecule has 0 spiro atoms. The van der Waals surface area contributed by atoms with Gasteiger partial charge in [-0.05, 0) is 59.1 Å². The molecule has 24 heavy (non-hydrogen) atoms. The van der Waals surface area contributed by atoms with Gasteiger partial charge in [0.15, 0.2) is 0 Å². The van der Waals surface area contributed by atoms with Gasteiger partial charge >= 0.3 is 12.1 Å². The Kier molecular flexibility index (Phi) is 7.69. The highest BCUT2D eigenvalue weighted by Crippen LogP contribution is 2.24. The van der Waals surface area contributed by atoms with Crippen molar-refractivity contribution < 1.29 is 24.2 Å². The third-order valence-corrected chi connectivity index (χ3v) is 4.36. The first-order valence-electron chi connectivity index (χ1n) is 8.03. The molecule has 1 aromatic rings. The summed E-state index contributed by atoms with van der Waals surface area (Å²) in [5.41, 5.74) is 0.447. The Hall–Kier alpha value is -1.60. The summed E-state index contributed by atoms with van der Waals surface area (Å²) in [5, 5.41) is 12.5. The first kappa shape index (κ1) is 20.4. The van der Waals surface area contributed by atoms with Crippen molar-refractivity contribution >= 4 is 23.4 Å². The Morgan fingerprint density at radius 2 is 2.04 bits per heavy atom. The van der Waals surface area contributed by atoms with Crippen LogP contribution in [0.3, 0.4) is 0 Å². The Labute approximate surface area is 147 Å². The van der Waals surface area contributed by atoms with Gasteiger partial charge in [-0.2, -0.15) is 0 Å². The lowest BCUT2D eigenvalue weighted by atomic mass is 10.1. The fourth-order valence-electron chi connectivity index (χ4n) is 1.99. The Bertz CT molecular complexity index is 562. The summed E-state index contributed by atoms with van der Waals surface area (Å²) in [6.07, 6.45) is -0.101. The fraction of sp³-hybridized carbons (Fsp3) is 0.647. The summed E-state index contributed by atoms with van der Waals surface area (Å²) < 4.78 is 10.1. The van der Waals surface area contributed by atoms with Gasteiger partial charge in [0.1, 0.15) is 10.5 Å². The van der Waals surface area contributed by atoms with Crippen LogP contribution >= 0.6 is 11.3 Å². The predicted molar refractivity (Wildman–Crippen MR) is 93.6 cm³/mol. The minimum absolute atomic E-state index is 0.129. The SMILES string of the molecule is CCOC(=O)c1cc(C)c(CC[C@H](O)CNC(=O)OC(C)(C)C)s1. The number of alkyl carbamates (subject to hydrolysis) is 1. The van der Waals surface area contributed by atoms with Gasteiger partial charge in [-0.15, -0.1) is 11.3 Å². The maximum atomic E-state index is 11.7. The number of aryl methyl sites for hydroxylation is 2. The third-order valence-electron chi connectivity index (χ3n) is 3.08. The molecule has 7 heteroatoms. The van der Waals surface area contributed by atoms with E-state index in [0.29, 0.717) is 24.3 Å². The number of rotatable bonds is 7. The molecule has 0 aliphatic rings. The van der Waals surface area contributed by atoms with E-state index in [0.717, 1.165) is 10.4 Å². The lowest BCUT2D eigenvalue weighted by Gasteiger charge is -2.20.